The molecule has 0 unspecified atom stereocenters. The van der Waals surface area contributed by atoms with Gasteiger partial charge in [-0.25, -0.2) is 0 Å². The van der Waals surface area contributed by atoms with Crippen molar-refractivity contribution >= 4 is 0 Å². The first kappa shape index (κ1) is 21.9. The highest BCUT2D eigenvalue weighted by Crippen LogP contribution is 2.67. The van der Waals surface area contributed by atoms with Gasteiger partial charge in [0.1, 0.15) is 0 Å². The second kappa shape index (κ2) is 7.97. The van der Waals surface area contributed by atoms with Crippen LogP contribution in [-0.2, 0) is 0 Å². The summed E-state index contributed by atoms with van der Waals surface area (Å²) in [4.78, 5) is 0. The van der Waals surface area contributed by atoms with Crippen LogP contribution in [-0.4, -0.2) is 22.4 Å². The Bertz CT molecular complexity index is 624. The van der Waals surface area contributed by atoms with Gasteiger partial charge in [-0.15, -0.1) is 0 Å². The first-order valence-electron chi connectivity index (χ1n) is 12.7. The summed E-state index contributed by atoms with van der Waals surface area (Å²) in [5, 5.41) is 21.4. The fraction of sp³-hybridized carbons (Fsp3) is 0.926. The fourth-order valence-corrected chi connectivity index (χ4v) is 8.75. The summed E-state index contributed by atoms with van der Waals surface area (Å²) >= 11 is 0. The maximum absolute atomic E-state index is 11.2. The lowest BCUT2D eigenvalue weighted by molar-refractivity contribution is -0.0620. The Labute approximate surface area is 179 Å². The third kappa shape index (κ3) is 3.65. The van der Waals surface area contributed by atoms with E-state index >= 15 is 0 Å². The van der Waals surface area contributed by atoms with Crippen molar-refractivity contribution in [3.63, 3.8) is 0 Å². The SMILES string of the molecule is CC(C)CCC[C@@H](C)[C@H]1[C@H](O)C[C@H]2[C@@H]3CC=C4C[C@H](O)CC[C@]4(C)[C@H]3CC[C@]12C. The van der Waals surface area contributed by atoms with Crippen molar-refractivity contribution in [1.29, 1.82) is 0 Å². The number of hydrogen-bond acceptors (Lipinski definition) is 2. The molecule has 0 aromatic heterocycles. The largest absolute Gasteiger partial charge is 0.393 e. The van der Waals surface area contributed by atoms with Crippen LogP contribution < -0.4 is 0 Å². The third-order valence-electron chi connectivity index (χ3n) is 10.2. The quantitative estimate of drug-likeness (QED) is 0.525. The van der Waals surface area contributed by atoms with Crippen LogP contribution in [0, 0.1) is 46.3 Å². The highest BCUT2D eigenvalue weighted by atomic mass is 16.3. The molecule has 2 heteroatoms. The maximum Gasteiger partial charge on any atom is 0.0579 e. The Morgan fingerprint density at radius 3 is 2.52 bits per heavy atom. The lowest BCUT2D eigenvalue weighted by atomic mass is 9.47. The number of aliphatic hydroxyl groups is 2. The Morgan fingerprint density at radius 2 is 1.79 bits per heavy atom. The Hall–Kier alpha value is -0.340. The zero-order valence-corrected chi connectivity index (χ0v) is 19.7. The van der Waals surface area contributed by atoms with Crippen LogP contribution in [0.5, 0.6) is 0 Å². The van der Waals surface area contributed by atoms with Crippen molar-refractivity contribution in [2.45, 2.75) is 111 Å². The van der Waals surface area contributed by atoms with Gasteiger partial charge < -0.3 is 10.2 Å². The molecule has 0 aromatic carbocycles. The molecule has 0 bridgehead atoms. The van der Waals surface area contributed by atoms with Gasteiger partial charge in [0.2, 0.25) is 0 Å². The molecule has 9 atom stereocenters. The van der Waals surface area contributed by atoms with Crippen molar-refractivity contribution in [3.05, 3.63) is 11.6 Å². The van der Waals surface area contributed by atoms with Gasteiger partial charge in [0, 0.05) is 0 Å². The lowest BCUT2D eigenvalue weighted by Crippen LogP contribution is -2.51. The zero-order valence-electron chi connectivity index (χ0n) is 19.7. The van der Waals surface area contributed by atoms with Gasteiger partial charge in [-0.05, 0) is 91.3 Å². The van der Waals surface area contributed by atoms with Gasteiger partial charge in [-0.3, -0.25) is 0 Å². The molecule has 0 saturated heterocycles. The summed E-state index contributed by atoms with van der Waals surface area (Å²) in [5.74, 6) is 4.07. The minimum absolute atomic E-state index is 0.107. The van der Waals surface area contributed by atoms with Gasteiger partial charge in [-0.2, -0.15) is 0 Å². The molecule has 2 N–H and O–H groups in total. The average molecular weight is 403 g/mol. The van der Waals surface area contributed by atoms with Crippen LogP contribution in [0.3, 0.4) is 0 Å². The Balaban J connectivity index is 1.53. The van der Waals surface area contributed by atoms with E-state index in [2.05, 4.69) is 40.7 Å². The molecule has 166 valence electrons. The highest BCUT2D eigenvalue weighted by molar-refractivity contribution is 5.25. The van der Waals surface area contributed by atoms with Crippen LogP contribution in [0.4, 0.5) is 0 Å². The van der Waals surface area contributed by atoms with Gasteiger partial charge in [-0.1, -0.05) is 65.5 Å². The van der Waals surface area contributed by atoms with Crippen LogP contribution in [0.25, 0.3) is 0 Å². The zero-order chi connectivity index (χ0) is 21.0. The molecule has 29 heavy (non-hydrogen) atoms. The predicted octanol–water partition coefficient (Wildman–Crippen LogP) is 6.36. The van der Waals surface area contributed by atoms with E-state index in [9.17, 15) is 10.2 Å². The molecule has 0 radical (unpaired) electrons. The highest BCUT2D eigenvalue weighted by Gasteiger charge is 2.61. The molecule has 0 aromatic rings. The van der Waals surface area contributed by atoms with E-state index < -0.39 is 0 Å². The standard InChI is InChI=1S/C27H46O2/c1-17(2)7-6-8-18(3)25-24(29)16-23-21-10-9-19-15-20(28)11-13-26(19,4)22(21)12-14-27(23,25)5/h9,17-18,20-25,28-29H,6-8,10-16H2,1-5H3/t18-,20-,21-,22+,23+,24-,25+,26+,27+/m1/s1. The summed E-state index contributed by atoms with van der Waals surface area (Å²) < 4.78 is 0. The molecule has 4 aliphatic rings. The summed E-state index contributed by atoms with van der Waals surface area (Å²) in [5.41, 5.74) is 2.17. The molecule has 0 heterocycles. The van der Waals surface area contributed by atoms with E-state index in [1.807, 2.05) is 0 Å². The Morgan fingerprint density at radius 1 is 1.03 bits per heavy atom. The van der Waals surface area contributed by atoms with Crippen molar-refractivity contribution in [1.82, 2.24) is 0 Å². The molecular weight excluding hydrogens is 356 g/mol. The van der Waals surface area contributed by atoms with E-state index in [0.29, 0.717) is 28.6 Å². The molecule has 4 aliphatic carbocycles. The average Bonchev–Trinajstić information content (AvgIpc) is 2.92. The molecule has 3 fully saturated rings. The summed E-state index contributed by atoms with van der Waals surface area (Å²) in [6.45, 7) is 12.1. The summed E-state index contributed by atoms with van der Waals surface area (Å²) in [7, 11) is 0. The number of aliphatic hydroxyl groups excluding tert-OH is 2. The summed E-state index contributed by atoms with van der Waals surface area (Å²) in [6, 6.07) is 0. The predicted molar refractivity (Wildman–Crippen MR) is 120 cm³/mol. The molecular formula is C27H46O2. The monoisotopic (exact) mass is 402 g/mol. The van der Waals surface area contributed by atoms with Crippen LogP contribution in [0.2, 0.25) is 0 Å². The van der Waals surface area contributed by atoms with Crippen LogP contribution >= 0.6 is 0 Å². The van der Waals surface area contributed by atoms with Gasteiger partial charge in [0.05, 0.1) is 12.2 Å². The normalized spacial score (nSPS) is 47.9. The fourth-order valence-electron chi connectivity index (χ4n) is 8.75. The topological polar surface area (TPSA) is 40.5 Å². The van der Waals surface area contributed by atoms with Crippen LogP contribution in [0.1, 0.15) is 98.8 Å². The molecule has 0 amide bonds. The van der Waals surface area contributed by atoms with Crippen molar-refractivity contribution in [2.75, 3.05) is 0 Å². The number of rotatable bonds is 5. The molecule has 0 spiro atoms. The Kier molecular flexibility index (Phi) is 6.01. The van der Waals surface area contributed by atoms with E-state index in [1.165, 1.54) is 38.5 Å². The third-order valence-corrected chi connectivity index (χ3v) is 10.2. The van der Waals surface area contributed by atoms with Crippen molar-refractivity contribution < 1.29 is 10.2 Å². The molecule has 3 saturated carbocycles. The minimum atomic E-state index is -0.121. The van der Waals surface area contributed by atoms with E-state index in [1.54, 1.807) is 5.57 Å². The second-order valence-corrected chi connectivity index (χ2v) is 12.3. The van der Waals surface area contributed by atoms with Crippen molar-refractivity contribution in [2.24, 2.45) is 46.3 Å². The first-order valence-corrected chi connectivity index (χ1v) is 12.7. The number of fused-ring (bicyclic) bond motifs is 5. The lowest BCUT2D eigenvalue weighted by Gasteiger charge is -2.58. The van der Waals surface area contributed by atoms with Gasteiger partial charge in [0.25, 0.3) is 0 Å². The van der Waals surface area contributed by atoms with Gasteiger partial charge in [0.15, 0.2) is 0 Å². The van der Waals surface area contributed by atoms with Gasteiger partial charge >= 0.3 is 0 Å². The van der Waals surface area contributed by atoms with E-state index in [0.717, 1.165) is 43.4 Å². The maximum atomic E-state index is 11.2. The minimum Gasteiger partial charge on any atom is -0.393 e. The summed E-state index contributed by atoms with van der Waals surface area (Å²) in [6.07, 6.45) is 14.0. The smallest absolute Gasteiger partial charge is 0.0579 e. The van der Waals surface area contributed by atoms with E-state index in [4.69, 9.17) is 0 Å². The van der Waals surface area contributed by atoms with E-state index in [-0.39, 0.29) is 12.2 Å². The molecule has 4 rings (SSSR count). The van der Waals surface area contributed by atoms with Crippen LogP contribution in [0.15, 0.2) is 11.6 Å². The molecule has 2 nitrogen and oxygen atoms in total. The number of allylic oxidation sites excluding steroid dienone is 1. The molecule has 0 aliphatic heterocycles. The second-order valence-electron chi connectivity index (χ2n) is 12.3. The number of hydrogen-bond donors (Lipinski definition) is 2. The van der Waals surface area contributed by atoms with Crippen molar-refractivity contribution in [3.8, 4) is 0 Å². The first-order chi connectivity index (χ1) is 13.7.